The van der Waals surface area contributed by atoms with Crippen LogP contribution in [0.15, 0.2) is 5.03 Å². The Morgan fingerprint density at radius 3 is 2.91 bits per heavy atom. The minimum absolute atomic E-state index is 0.219. The molecule has 5 nitrogen and oxygen atoms in total. The zero-order valence-electron chi connectivity index (χ0n) is 6.21. The molecule has 0 bridgehead atoms. The van der Waals surface area contributed by atoms with E-state index >= 15 is 0 Å². The summed E-state index contributed by atoms with van der Waals surface area (Å²) < 4.78 is 0. The van der Waals surface area contributed by atoms with Crippen molar-refractivity contribution < 1.29 is 4.79 Å². The summed E-state index contributed by atoms with van der Waals surface area (Å²) in [5, 5.41) is 12.9. The van der Waals surface area contributed by atoms with Gasteiger partial charge in [-0.05, 0) is 6.26 Å². The zero-order chi connectivity index (χ0) is 8.27. The molecule has 1 rings (SSSR count). The molecular formula is C5H8N4OS. The average molecular weight is 172 g/mol. The Balaban J connectivity index is 2.92. The minimum Gasteiger partial charge on any atom is -0.354 e. The SMILES string of the molecule is CNC(=O)c1n[nH]nc1SC. The predicted octanol–water partition coefficient (Wildman–Crippen LogP) is -0.114. The molecule has 1 aromatic rings. The van der Waals surface area contributed by atoms with Crippen molar-refractivity contribution in [1.29, 1.82) is 0 Å². The van der Waals surface area contributed by atoms with E-state index in [1.807, 2.05) is 6.26 Å². The van der Waals surface area contributed by atoms with Gasteiger partial charge in [-0.2, -0.15) is 5.21 Å². The van der Waals surface area contributed by atoms with Gasteiger partial charge in [0.15, 0.2) is 10.7 Å². The third kappa shape index (κ3) is 1.51. The van der Waals surface area contributed by atoms with Crippen molar-refractivity contribution in [1.82, 2.24) is 20.7 Å². The Labute approximate surface area is 67.9 Å². The van der Waals surface area contributed by atoms with Crippen LogP contribution in [0.5, 0.6) is 0 Å². The number of nitrogens with zero attached hydrogens (tertiary/aromatic N) is 2. The molecule has 0 saturated carbocycles. The van der Waals surface area contributed by atoms with Crippen LogP contribution in [0.4, 0.5) is 0 Å². The molecule has 2 N–H and O–H groups in total. The van der Waals surface area contributed by atoms with Gasteiger partial charge >= 0.3 is 0 Å². The van der Waals surface area contributed by atoms with Gasteiger partial charge in [0, 0.05) is 7.05 Å². The molecule has 0 radical (unpaired) electrons. The standard InChI is InChI=1S/C5H8N4OS/c1-6-4(10)3-5(11-2)8-9-7-3/h1-2H3,(H,6,10)(H,7,8,9). The maximum Gasteiger partial charge on any atom is 0.274 e. The Morgan fingerprint density at radius 1 is 1.64 bits per heavy atom. The van der Waals surface area contributed by atoms with Gasteiger partial charge in [-0.1, -0.05) is 0 Å². The van der Waals surface area contributed by atoms with E-state index in [0.717, 1.165) is 0 Å². The number of nitrogens with one attached hydrogen (secondary N) is 2. The van der Waals surface area contributed by atoms with Crippen molar-refractivity contribution >= 4 is 17.7 Å². The van der Waals surface area contributed by atoms with Gasteiger partial charge in [0.1, 0.15) is 0 Å². The topological polar surface area (TPSA) is 70.7 Å². The Hall–Kier alpha value is -1.04. The molecule has 0 aliphatic heterocycles. The van der Waals surface area contributed by atoms with Gasteiger partial charge in [-0.15, -0.1) is 22.0 Å². The molecular weight excluding hydrogens is 164 g/mol. The van der Waals surface area contributed by atoms with Crippen molar-refractivity contribution in [2.75, 3.05) is 13.3 Å². The molecule has 11 heavy (non-hydrogen) atoms. The third-order valence-electron chi connectivity index (χ3n) is 1.15. The van der Waals surface area contributed by atoms with E-state index in [1.54, 1.807) is 7.05 Å². The molecule has 0 unspecified atom stereocenters. The van der Waals surface area contributed by atoms with Gasteiger partial charge in [0.25, 0.3) is 5.91 Å². The van der Waals surface area contributed by atoms with Gasteiger partial charge < -0.3 is 5.32 Å². The van der Waals surface area contributed by atoms with E-state index in [2.05, 4.69) is 20.7 Å². The molecule has 1 amide bonds. The normalized spacial score (nSPS) is 9.64. The molecule has 0 spiro atoms. The smallest absolute Gasteiger partial charge is 0.274 e. The summed E-state index contributed by atoms with van der Waals surface area (Å²) in [6, 6.07) is 0. The van der Waals surface area contributed by atoms with Crippen LogP contribution in [0, 0.1) is 0 Å². The second kappa shape index (κ2) is 3.38. The zero-order valence-corrected chi connectivity index (χ0v) is 7.03. The number of H-pyrrole nitrogens is 1. The van der Waals surface area contributed by atoms with Crippen molar-refractivity contribution in [3.63, 3.8) is 0 Å². The van der Waals surface area contributed by atoms with Crippen molar-refractivity contribution in [3.8, 4) is 0 Å². The monoisotopic (exact) mass is 172 g/mol. The molecule has 60 valence electrons. The van der Waals surface area contributed by atoms with Crippen LogP contribution in [-0.2, 0) is 0 Å². The van der Waals surface area contributed by atoms with Crippen LogP contribution in [0.3, 0.4) is 0 Å². The van der Waals surface area contributed by atoms with Crippen molar-refractivity contribution in [2.24, 2.45) is 0 Å². The summed E-state index contributed by atoms with van der Waals surface area (Å²) >= 11 is 1.38. The highest BCUT2D eigenvalue weighted by Gasteiger charge is 2.12. The Bertz CT molecular complexity index is 259. The van der Waals surface area contributed by atoms with Crippen LogP contribution >= 0.6 is 11.8 Å². The lowest BCUT2D eigenvalue weighted by molar-refractivity contribution is 0.0955. The van der Waals surface area contributed by atoms with Gasteiger partial charge in [0.2, 0.25) is 0 Å². The van der Waals surface area contributed by atoms with Crippen molar-refractivity contribution in [3.05, 3.63) is 5.69 Å². The lowest BCUT2D eigenvalue weighted by atomic mass is 10.4. The second-order valence-corrected chi connectivity index (χ2v) is 2.56. The fourth-order valence-corrected chi connectivity index (χ4v) is 1.09. The first-order chi connectivity index (χ1) is 5.29. The lowest BCUT2D eigenvalue weighted by Crippen LogP contribution is -2.18. The van der Waals surface area contributed by atoms with E-state index < -0.39 is 0 Å². The van der Waals surface area contributed by atoms with E-state index in [-0.39, 0.29) is 5.91 Å². The molecule has 6 heteroatoms. The third-order valence-corrected chi connectivity index (χ3v) is 1.82. The van der Waals surface area contributed by atoms with E-state index in [4.69, 9.17) is 0 Å². The number of thioether (sulfide) groups is 1. The summed E-state index contributed by atoms with van der Waals surface area (Å²) in [5.41, 5.74) is 0.347. The molecule has 1 aromatic heterocycles. The largest absolute Gasteiger partial charge is 0.354 e. The highest BCUT2D eigenvalue weighted by molar-refractivity contribution is 7.98. The maximum atomic E-state index is 11.0. The van der Waals surface area contributed by atoms with Gasteiger partial charge in [0.05, 0.1) is 0 Å². The minimum atomic E-state index is -0.219. The van der Waals surface area contributed by atoms with Crippen molar-refractivity contribution in [2.45, 2.75) is 5.03 Å². The number of hydrogen-bond acceptors (Lipinski definition) is 4. The summed E-state index contributed by atoms with van der Waals surface area (Å²) in [6.45, 7) is 0. The lowest BCUT2D eigenvalue weighted by Gasteiger charge is -1.93. The summed E-state index contributed by atoms with van der Waals surface area (Å²) in [7, 11) is 1.56. The first-order valence-electron chi connectivity index (χ1n) is 2.96. The van der Waals surface area contributed by atoms with Crippen LogP contribution in [0.2, 0.25) is 0 Å². The van der Waals surface area contributed by atoms with Crippen LogP contribution in [0.1, 0.15) is 10.5 Å². The Morgan fingerprint density at radius 2 is 2.36 bits per heavy atom. The number of carbonyl (C=O) groups is 1. The molecule has 0 fully saturated rings. The van der Waals surface area contributed by atoms with Crippen LogP contribution in [0.25, 0.3) is 0 Å². The highest BCUT2D eigenvalue weighted by Crippen LogP contribution is 2.13. The van der Waals surface area contributed by atoms with E-state index in [1.165, 1.54) is 11.8 Å². The van der Waals surface area contributed by atoms with E-state index in [0.29, 0.717) is 10.7 Å². The summed E-state index contributed by atoms with van der Waals surface area (Å²) in [4.78, 5) is 11.0. The fraction of sp³-hybridized carbons (Fsp3) is 0.400. The number of rotatable bonds is 2. The number of aromatic amines is 1. The first kappa shape index (κ1) is 8.06. The summed E-state index contributed by atoms with van der Waals surface area (Å²) in [6.07, 6.45) is 1.84. The molecule has 0 saturated heterocycles. The van der Waals surface area contributed by atoms with Crippen LogP contribution < -0.4 is 5.32 Å². The molecule has 0 aliphatic rings. The number of amides is 1. The van der Waals surface area contributed by atoms with Gasteiger partial charge in [-0.25, -0.2) is 0 Å². The number of hydrogen-bond donors (Lipinski definition) is 2. The fourth-order valence-electron chi connectivity index (χ4n) is 0.630. The van der Waals surface area contributed by atoms with Crippen LogP contribution in [-0.4, -0.2) is 34.6 Å². The maximum absolute atomic E-state index is 11.0. The quantitative estimate of drug-likeness (QED) is 0.610. The first-order valence-corrected chi connectivity index (χ1v) is 4.19. The van der Waals surface area contributed by atoms with E-state index in [9.17, 15) is 4.79 Å². The molecule has 1 heterocycles. The predicted molar refractivity (Wildman–Crippen MR) is 41.6 cm³/mol. The average Bonchev–Trinajstić information content (AvgIpc) is 2.50. The summed E-state index contributed by atoms with van der Waals surface area (Å²) in [5.74, 6) is -0.219. The number of carbonyl (C=O) groups excluding carboxylic acids is 1. The Kier molecular flexibility index (Phi) is 2.48. The molecule has 0 atom stereocenters. The number of aromatic nitrogens is 3. The molecule has 0 aliphatic carbocycles. The second-order valence-electron chi connectivity index (χ2n) is 1.76. The highest BCUT2D eigenvalue weighted by atomic mass is 32.2. The molecule has 0 aromatic carbocycles. The van der Waals surface area contributed by atoms with Gasteiger partial charge in [-0.3, -0.25) is 4.79 Å².